The van der Waals surface area contributed by atoms with Crippen LogP contribution in [0.15, 0.2) is 0 Å². The number of hydrogen-bond acceptors (Lipinski definition) is 3. The van der Waals surface area contributed by atoms with Crippen LogP contribution in [0.1, 0.15) is 110 Å². The summed E-state index contributed by atoms with van der Waals surface area (Å²) in [6.07, 6.45) is 19.2. The minimum Gasteiger partial charge on any atom is -0.355 e. The molecule has 0 aliphatic carbocycles. The molecule has 1 aliphatic rings. The van der Waals surface area contributed by atoms with Crippen molar-refractivity contribution in [2.75, 3.05) is 6.54 Å². The lowest BCUT2D eigenvalue weighted by atomic mass is 9.89. The molecule has 1 aliphatic heterocycles. The van der Waals surface area contributed by atoms with Crippen molar-refractivity contribution >= 4 is 11.7 Å². The van der Waals surface area contributed by atoms with Crippen molar-refractivity contribution < 1.29 is 9.59 Å². The Morgan fingerprint density at radius 1 is 0.923 bits per heavy atom. The van der Waals surface area contributed by atoms with E-state index in [0.717, 1.165) is 25.7 Å². The maximum absolute atomic E-state index is 12.3. The fraction of sp³-hybridized carbons (Fsp3) is 0.909. The molecule has 0 bridgehead atoms. The van der Waals surface area contributed by atoms with Crippen molar-refractivity contribution in [2.24, 2.45) is 11.7 Å². The minimum atomic E-state index is -0.646. The number of nitrogens with one attached hydrogen (secondary N) is 1. The Kier molecular flexibility index (Phi) is 13.5. The fourth-order valence-corrected chi connectivity index (χ4v) is 3.88. The van der Waals surface area contributed by atoms with Gasteiger partial charge >= 0.3 is 0 Å². The summed E-state index contributed by atoms with van der Waals surface area (Å²) >= 11 is 0. The Hall–Kier alpha value is -0.900. The Bertz CT molecular complexity index is 384. The number of hydrogen-bond donors (Lipinski definition) is 2. The molecule has 26 heavy (non-hydrogen) atoms. The van der Waals surface area contributed by atoms with Gasteiger partial charge in [-0.15, -0.1) is 0 Å². The van der Waals surface area contributed by atoms with Crippen LogP contribution in [-0.4, -0.2) is 24.3 Å². The topological polar surface area (TPSA) is 72.2 Å². The molecular weight excluding hydrogens is 324 g/mol. The van der Waals surface area contributed by atoms with E-state index in [0.29, 0.717) is 13.0 Å². The summed E-state index contributed by atoms with van der Waals surface area (Å²) in [5.74, 6) is -0.237. The lowest BCUT2D eigenvalue weighted by Gasteiger charge is -2.18. The summed E-state index contributed by atoms with van der Waals surface area (Å²) in [5.41, 5.74) is 5.93. The van der Waals surface area contributed by atoms with E-state index in [9.17, 15) is 9.59 Å². The van der Waals surface area contributed by atoms with E-state index in [1.54, 1.807) is 0 Å². The van der Waals surface area contributed by atoms with Gasteiger partial charge in [-0.3, -0.25) is 9.59 Å². The number of ketones is 1. The van der Waals surface area contributed by atoms with Gasteiger partial charge in [-0.2, -0.15) is 0 Å². The smallest absolute Gasteiger partial charge is 0.237 e. The number of carbonyl (C=O) groups excluding carboxylic acids is 2. The third kappa shape index (κ3) is 10.3. The maximum Gasteiger partial charge on any atom is 0.237 e. The second kappa shape index (κ2) is 15.2. The summed E-state index contributed by atoms with van der Waals surface area (Å²) in [4.78, 5) is 24.1. The third-order valence-electron chi connectivity index (χ3n) is 5.67. The molecule has 0 aromatic rings. The van der Waals surface area contributed by atoms with Crippen LogP contribution >= 0.6 is 0 Å². The molecule has 4 heteroatoms. The van der Waals surface area contributed by atoms with Crippen LogP contribution in [0.3, 0.4) is 0 Å². The molecule has 0 saturated carbocycles. The van der Waals surface area contributed by atoms with Gasteiger partial charge < -0.3 is 11.1 Å². The van der Waals surface area contributed by atoms with Gasteiger partial charge in [-0.05, 0) is 19.3 Å². The van der Waals surface area contributed by atoms with Gasteiger partial charge in [0, 0.05) is 18.9 Å². The van der Waals surface area contributed by atoms with Gasteiger partial charge in [-0.25, -0.2) is 0 Å². The monoisotopic (exact) mass is 366 g/mol. The normalized spacial score (nSPS) is 20.6. The average Bonchev–Trinajstić information content (AvgIpc) is 2.80. The van der Waals surface area contributed by atoms with Crippen LogP contribution in [0.2, 0.25) is 0 Å². The molecule has 2 unspecified atom stereocenters. The number of Topliss-reactive ketones (excluding diaryl/α,β-unsaturated/α-hetero) is 1. The van der Waals surface area contributed by atoms with Gasteiger partial charge in [0.05, 0.1) is 6.04 Å². The SMILES string of the molecule is CCCCCCCCCCCCCCCC(=O)C1CCCNC(=O)C1N. The number of amides is 1. The number of rotatable bonds is 15. The summed E-state index contributed by atoms with van der Waals surface area (Å²) in [5, 5.41) is 2.78. The quantitative estimate of drug-likeness (QED) is 0.405. The van der Waals surface area contributed by atoms with Crippen molar-refractivity contribution in [2.45, 2.75) is 116 Å². The molecule has 1 amide bonds. The van der Waals surface area contributed by atoms with Crippen LogP contribution in [0.25, 0.3) is 0 Å². The van der Waals surface area contributed by atoms with E-state index in [2.05, 4.69) is 12.2 Å². The van der Waals surface area contributed by atoms with Crippen LogP contribution < -0.4 is 11.1 Å². The summed E-state index contributed by atoms with van der Waals surface area (Å²) in [6, 6.07) is -0.646. The highest BCUT2D eigenvalue weighted by atomic mass is 16.2. The first-order valence-electron chi connectivity index (χ1n) is 11.2. The third-order valence-corrected chi connectivity index (χ3v) is 5.67. The molecule has 0 aromatic heterocycles. The Balaban J connectivity index is 1.93. The predicted octanol–water partition coefficient (Wildman–Crippen LogP) is 4.89. The zero-order chi connectivity index (χ0) is 19.0. The number of carbonyl (C=O) groups is 2. The van der Waals surface area contributed by atoms with Crippen LogP contribution in [0.5, 0.6) is 0 Å². The first-order chi connectivity index (χ1) is 12.7. The highest BCUT2D eigenvalue weighted by molar-refractivity contribution is 5.91. The van der Waals surface area contributed by atoms with Gasteiger partial charge in [0.25, 0.3) is 0 Å². The molecule has 0 spiro atoms. The summed E-state index contributed by atoms with van der Waals surface area (Å²) in [7, 11) is 0. The molecule has 1 fully saturated rings. The van der Waals surface area contributed by atoms with E-state index in [-0.39, 0.29) is 17.6 Å². The predicted molar refractivity (Wildman–Crippen MR) is 109 cm³/mol. The van der Waals surface area contributed by atoms with Crippen molar-refractivity contribution in [3.8, 4) is 0 Å². The van der Waals surface area contributed by atoms with E-state index in [4.69, 9.17) is 5.73 Å². The molecule has 152 valence electrons. The van der Waals surface area contributed by atoms with E-state index in [1.165, 1.54) is 70.6 Å². The Morgan fingerprint density at radius 2 is 1.42 bits per heavy atom. The molecule has 1 saturated heterocycles. The largest absolute Gasteiger partial charge is 0.355 e. The van der Waals surface area contributed by atoms with Crippen LogP contribution in [0, 0.1) is 5.92 Å². The Morgan fingerprint density at radius 3 is 1.96 bits per heavy atom. The lowest BCUT2D eigenvalue weighted by Crippen LogP contribution is -2.45. The molecule has 2 atom stereocenters. The van der Waals surface area contributed by atoms with E-state index < -0.39 is 6.04 Å². The zero-order valence-corrected chi connectivity index (χ0v) is 17.1. The van der Waals surface area contributed by atoms with Crippen LogP contribution in [0.4, 0.5) is 0 Å². The second-order valence-electron chi connectivity index (χ2n) is 8.02. The van der Waals surface area contributed by atoms with Crippen molar-refractivity contribution in [3.63, 3.8) is 0 Å². The molecule has 4 nitrogen and oxygen atoms in total. The van der Waals surface area contributed by atoms with Crippen molar-refractivity contribution in [1.82, 2.24) is 5.32 Å². The molecule has 0 radical (unpaired) electrons. The summed E-state index contributed by atoms with van der Waals surface area (Å²) < 4.78 is 0. The molecule has 1 heterocycles. The first kappa shape index (κ1) is 23.1. The fourth-order valence-electron chi connectivity index (χ4n) is 3.88. The highest BCUT2D eigenvalue weighted by Gasteiger charge is 2.31. The van der Waals surface area contributed by atoms with E-state index >= 15 is 0 Å². The average molecular weight is 367 g/mol. The standard InChI is InChI=1S/C22H42N2O2/c1-2-3-4-5-6-7-8-9-10-11-12-13-14-17-20(25)19-16-15-18-24-22(26)21(19)23/h19,21H,2-18,23H2,1H3,(H,24,26). The molecule has 3 N–H and O–H groups in total. The summed E-state index contributed by atoms with van der Waals surface area (Å²) in [6.45, 7) is 2.91. The minimum absolute atomic E-state index is 0.161. The van der Waals surface area contributed by atoms with Crippen LogP contribution in [-0.2, 0) is 9.59 Å². The molecule has 0 aromatic carbocycles. The van der Waals surface area contributed by atoms with Gasteiger partial charge in [0.15, 0.2) is 0 Å². The van der Waals surface area contributed by atoms with Gasteiger partial charge in [0.1, 0.15) is 5.78 Å². The van der Waals surface area contributed by atoms with E-state index in [1.807, 2.05) is 0 Å². The highest BCUT2D eigenvalue weighted by Crippen LogP contribution is 2.19. The lowest BCUT2D eigenvalue weighted by molar-refractivity contribution is -0.129. The zero-order valence-electron chi connectivity index (χ0n) is 17.1. The Labute approximate surface area is 161 Å². The molecule has 1 rings (SSSR count). The molecular formula is C22H42N2O2. The first-order valence-corrected chi connectivity index (χ1v) is 11.2. The van der Waals surface area contributed by atoms with Crippen molar-refractivity contribution in [1.29, 1.82) is 0 Å². The second-order valence-corrected chi connectivity index (χ2v) is 8.02. The van der Waals surface area contributed by atoms with Crippen molar-refractivity contribution in [3.05, 3.63) is 0 Å². The maximum atomic E-state index is 12.3. The number of nitrogens with two attached hydrogens (primary N) is 1. The van der Waals surface area contributed by atoms with Gasteiger partial charge in [-0.1, -0.05) is 84.0 Å². The van der Waals surface area contributed by atoms with Gasteiger partial charge in [0.2, 0.25) is 5.91 Å². The number of unbranched alkanes of at least 4 members (excludes halogenated alkanes) is 12.